The summed E-state index contributed by atoms with van der Waals surface area (Å²) in [6.45, 7) is 6.28. The van der Waals surface area contributed by atoms with E-state index in [1.54, 1.807) is 0 Å². The van der Waals surface area contributed by atoms with Gasteiger partial charge in [-0.25, -0.2) is 0 Å². The predicted octanol–water partition coefficient (Wildman–Crippen LogP) is 5.81. The molecule has 0 saturated carbocycles. The van der Waals surface area contributed by atoms with Crippen LogP contribution in [0.5, 0.6) is 0 Å². The number of hydrogen-bond acceptors (Lipinski definition) is 1. The predicted molar refractivity (Wildman–Crippen MR) is 97.1 cm³/mol. The fraction of sp³-hybridized carbons (Fsp3) is 0.273. The summed E-state index contributed by atoms with van der Waals surface area (Å²) in [4.78, 5) is 0. The van der Waals surface area contributed by atoms with Gasteiger partial charge in [-0.2, -0.15) is 0 Å². The second-order valence-electron chi connectivity index (χ2n) is 6.30. The van der Waals surface area contributed by atoms with Gasteiger partial charge in [0.05, 0.1) is 12.2 Å². The SMILES string of the molecule is C=C(C)[C@@H]1CC[C@@H](c2ccccc2)O[C@H]1/C=C/c1ccccc1. The van der Waals surface area contributed by atoms with Gasteiger partial charge in [-0.15, -0.1) is 0 Å². The van der Waals surface area contributed by atoms with E-state index in [2.05, 4.69) is 80.3 Å². The minimum absolute atomic E-state index is 0.0895. The Labute approximate surface area is 139 Å². The molecule has 0 N–H and O–H groups in total. The molecule has 2 aromatic carbocycles. The van der Waals surface area contributed by atoms with Crippen molar-refractivity contribution >= 4 is 6.08 Å². The van der Waals surface area contributed by atoms with E-state index in [9.17, 15) is 0 Å². The lowest BCUT2D eigenvalue weighted by Crippen LogP contribution is -2.30. The molecule has 0 spiro atoms. The van der Waals surface area contributed by atoms with Gasteiger partial charge in [-0.1, -0.05) is 85.0 Å². The Bertz CT molecular complexity index is 657. The van der Waals surface area contributed by atoms with Gasteiger partial charge < -0.3 is 4.74 Å². The van der Waals surface area contributed by atoms with Crippen molar-refractivity contribution in [1.29, 1.82) is 0 Å². The second kappa shape index (κ2) is 7.43. The summed E-state index contributed by atoms with van der Waals surface area (Å²) in [6.07, 6.45) is 6.80. The molecule has 0 amide bonds. The smallest absolute Gasteiger partial charge is 0.0833 e. The molecule has 1 aliphatic heterocycles. The molecule has 1 saturated heterocycles. The van der Waals surface area contributed by atoms with E-state index < -0.39 is 0 Å². The highest BCUT2D eigenvalue weighted by molar-refractivity contribution is 5.49. The lowest BCUT2D eigenvalue weighted by molar-refractivity contribution is -0.0504. The van der Waals surface area contributed by atoms with Crippen LogP contribution in [0.3, 0.4) is 0 Å². The fourth-order valence-electron chi connectivity index (χ4n) is 3.24. The van der Waals surface area contributed by atoms with E-state index in [1.165, 1.54) is 16.7 Å². The Balaban J connectivity index is 1.78. The van der Waals surface area contributed by atoms with Crippen LogP contribution in [0.1, 0.15) is 37.0 Å². The molecule has 0 unspecified atom stereocenters. The number of ether oxygens (including phenoxy) is 1. The van der Waals surface area contributed by atoms with Crippen molar-refractivity contribution in [1.82, 2.24) is 0 Å². The van der Waals surface area contributed by atoms with E-state index >= 15 is 0 Å². The molecule has 0 aromatic heterocycles. The van der Waals surface area contributed by atoms with Gasteiger partial charge in [0, 0.05) is 5.92 Å². The molecule has 0 aliphatic carbocycles. The van der Waals surface area contributed by atoms with Crippen LogP contribution in [0, 0.1) is 5.92 Å². The van der Waals surface area contributed by atoms with E-state index in [4.69, 9.17) is 4.74 Å². The van der Waals surface area contributed by atoms with E-state index in [0.717, 1.165) is 12.8 Å². The quantitative estimate of drug-likeness (QED) is 0.647. The first-order valence-corrected chi connectivity index (χ1v) is 8.33. The largest absolute Gasteiger partial charge is 0.366 e. The van der Waals surface area contributed by atoms with E-state index in [-0.39, 0.29) is 12.2 Å². The molecule has 2 aromatic rings. The molecule has 118 valence electrons. The maximum Gasteiger partial charge on any atom is 0.0833 e. The van der Waals surface area contributed by atoms with Gasteiger partial charge in [-0.05, 0) is 30.9 Å². The van der Waals surface area contributed by atoms with Crippen LogP contribution < -0.4 is 0 Å². The van der Waals surface area contributed by atoms with Crippen LogP contribution in [-0.2, 0) is 4.74 Å². The Kier molecular flexibility index (Phi) is 5.09. The van der Waals surface area contributed by atoms with Crippen molar-refractivity contribution < 1.29 is 4.74 Å². The summed E-state index contributed by atoms with van der Waals surface area (Å²) in [5.74, 6) is 0.398. The summed E-state index contributed by atoms with van der Waals surface area (Å²) >= 11 is 0. The first kappa shape index (κ1) is 15.8. The average molecular weight is 304 g/mol. The highest BCUT2D eigenvalue weighted by atomic mass is 16.5. The Morgan fingerprint density at radius 3 is 2.30 bits per heavy atom. The van der Waals surface area contributed by atoms with Crippen LogP contribution in [0.2, 0.25) is 0 Å². The Morgan fingerprint density at radius 1 is 1.00 bits per heavy atom. The minimum Gasteiger partial charge on any atom is -0.366 e. The van der Waals surface area contributed by atoms with Gasteiger partial charge in [0.25, 0.3) is 0 Å². The molecule has 0 radical (unpaired) electrons. The van der Waals surface area contributed by atoms with Crippen molar-refractivity contribution in [2.75, 3.05) is 0 Å². The number of benzene rings is 2. The Hall–Kier alpha value is -2.12. The third-order valence-electron chi connectivity index (χ3n) is 4.54. The molecule has 3 atom stereocenters. The van der Waals surface area contributed by atoms with Crippen molar-refractivity contribution in [3.05, 3.63) is 90.0 Å². The fourth-order valence-corrected chi connectivity index (χ4v) is 3.24. The first-order valence-electron chi connectivity index (χ1n) is 8.33. The third kappa shape index (κ3) is 4.00. The van der Waals surface area contributed by atoms with Crippen LogP contribution in [-0.4, -0.2) is 6.10 Å². The van der Waals surface area contributed by atoms with E-state index in [1.807, 2.05) is 6.07 Å². The van der Waals surface area contributed by atoms with Gasteiger partial charge in [0.15, 0.2) is 0 Å². The van der Waals surface area contributed by atoms with Crippen LogP contribution >= 0.6 is 0 Å². The number of rotatable bonds is 4. The Morgan fingerprint density at radius 2 is 1.65 bits per heavy atom. The van der Waals surface area contributed by atoms with Crippen molar-refractivity contribution in [3.8, 4) is 0 Å². The zero-order valence-electron chi connectivity index (χ0n) is 13.7. The monoisotopic (exact) mass is 304 g/mol. The summed E-state index contributed by atoms with van der Waals surface area (Å²) in [6, 6.07) is 20.9. The molecule has 1 aliphatic rings. The summed E-state index contributed by atoms with van der Waals surface area (Å²) in [5.41, 5.74) is 3.68. The lowest BCUT2D eigenvalue weighted by Gasteiger charge is -2.36. The molecular weight excluding hydrogens is 280 g/mol. The first-order chi connectivity index (χ1) is 11.2. The molecular formula is C22H24O. The third-order valence-corrected chi connectivity index (χ3v) is 4.54. The number of hydrogen-bond donors (Lipinski definition) is 0. The van der Waals surface area contributed by atoms with Crippen molar-refractivity contribution in [2.45, 2.75) is 32.0 Å². The lowest BCUT2D eigenvalue weighted by atomic mass is 9.85. The van der Waals surface area contributed by atoms with Gasteiger partial charge in [0.1, 0.15) is 0 Å². The summed E-state index contributed by atoms with van der Waals surface area (Å²) < 4.78 is 6.42. The van der Waals surface area contributed by atoms with Crippen LogP contribution in [0.15, 0.2) is 78.9 Å². The van der Waals surface area contributed by atoms with Gasteiger partial charge in [-0.3, -0.25) is 0 Å². The van der Waals surface area contributed by atoms with Crippen molar-refractivity contribution in [2.24, 2.45) is 5.92 Å². The van der Waals surface area contributed by atoms with Gasteiger partial charge >= 0.3 is 0 Å². The molecule has 1 heterocycles. The molecule has 1 nitrogen and oxygen atoms in total. The van der Waals surface area contributed by atoms with Gasteiger partial charge in [0.2, 0.25) is 0 Å². The zero-order chi connectivity index (χ0) is 16.1. The topological polar surface area (TPSA) is 9.23 Å². The maximum absolute atomic E-state index is 6.42. The highest BCUT2D eigenvalue weighted by Gasteiger charge is 2.30. The molecule has 0 bridgehead atoms. The molecule has 3 rings (SSSR count). The maximum atomic E-state index is 6.42. The van der Waals surface area contributed by atoms with Crippen LogP contribution in [0.4, 0.5) is 0 Å². The van der Waals surface area contributed by atoms with Crippen molar-refractivity contribution in [3.63, 3.8) is 0 Å². The second-order valence-corrected chi connectivity index (χ2v) is 6.30. The zero-order valence-corrected chi connectivity index (χ0v) is 13.7. The molecule has 1 fully saturated rings. The molecule has 23 heavy (non-hydrogen) atoms. The standard InChI is InChI=1S/C22H24O/c1-17(2)20-14-16-21(19-11-7-4-8-12-19)23-22(20)15-13-18-9-5-3-6-10-18/h3-13,15,20-22H,1,14,16H2,2H3/b15-13+/t20-,21-,22-/m0/s1. The highest BCUT2D eigenvalue weighted by Crippen LogP contribution is 2.37. The summed E-state index contributed by atoms with van der Waals surface area (Å²) in [7, 11) is 0. The summed E-state index contributed by atoms with van der Waals surface area (Å²) in [5, 5.41) is 0. The minimum atomic E-state index is 0.0895. The van der Waals surface area contributed by atoms with E-state index in [0.29, 0.717) is 5.92 Å². The average Bonchev–Trinajstić information content (AvgIpc) is 2.61. The normalized spacial score (nSPS) is 24.7. The molecule has 1 heteroatoms. The van der Waals surface area contributed by atoms with Crippen LogP contribution in [0.25, 0.3) is 6.08 Å².